The predicted molar refractivity (Wildman–Crippen MR) is 39.3 cm³/mol. The first-order chi connectivity index (χ1) is 3.77. The van der Waals surface area contributed by atoms with E-state index in [9.17, 15) is 0 Å². The minimum atomic E-state index is 0.0953. The van der Waals surface area contributed by atoms with E-state index in [2.05, 4.69) is 11.9 Å². The van der Waals surface area contributed by atoms with Crippen LogP contribution in [0, 0.1) is 0 Å². The molecule has 0 saturated heterocycles. The van der Waals surface area contributed by atoms with E-state index >= 15 is 0 Å². The van der Waals surface area contributed by atoms with Crippen molar-refractivity contribution in [2.24, 2.45) is 5.73 Å². The molecule has 0 aliphatic heterocycles. The Morgan fingerprint density at radius 2 is 2.25 bits per heavy atom. The van der Waals surface area contributed by atoms with Gasteiger partial charge in [-0.05, 0) is 0 Å². The van der Waals surface area contributed by atoms with Gasteiger partial charge < -0.3 is 0 Å². The van der Waals surface area contributed by atoms with Crippen molar-refractivity contribution in [3.63, 3.8) is 0 Å². The van der Waals surface area contributed by atoms with Crippen LogP contribution in [0.25, 0.3) is 0 Å². The molecular formula is C6H15NSn+2. The first-order valence-electron chi connectivity index (χ1n) is 3.17. The summed E-state index contributed by atoms with van der Waals surface area (Å²) in [6.45, 7) is 2.08. The van der Waals surface area contributed by atoms with Crippen molar-refractivity contribution in [3.05, 3.63) is 0 Å². The second-order valence-corrected chi connectivity index (χ2v) is 5.67. The zero-order chi connectivity index (χ0) is 6.41. The number of hydrogen-bond acceptors (Lipinski definition) is 1. The third-order valence-electron chi connectivity index (χ3n) is 1.09. The molecule has 0 spiro atoms. The van der Waals surface area contributed by atoms with Gasteiger partial charge in [-0.1, -0.05) is 0 Å². The van der Waals surface area contributed by atoms with Crippen molar-refractivity contribution in [3.8, 4) is 0 Å². The van der Waals surface area contributed by atoms with Gasteiger partial charge in [0.2, 0.25) is 0 Å². The Morgan fingerprint density at radius 1 is 1.62 bits per heavy atom. The van der Waals surface area contributed by atoms with Gasteiger partial charge in [0.25, 0.3) is 0 Å². The van der Waals surface area contributed by atoms with E-state index in [0.29, 0.717) is 6.04 Å². The Labute approximate surface area is 62.2 Å². The van der Waals surface area contributed by atoms with Crippen molar-refractivity contribution in [1.82, 2.24) is 0 Å². The fourth-order valence-electron chi connectivity index (χ4n) is 0.601. The molecule has 0 aromatic heterocycles. The first kappa shape index (κ1) is 8.76. The standard InChI is InChI=1S/C5H12N.CH3.Sn/c1-3-4-5(2)6;;/h5H,1,3-4,6H2,2H3;1H3;/q;;+2. The van der Waals surface area contributed by atoms with E-state index in [4.69, 9.17) is 5.73 Å². The van der Waals surface area contributed by atoms with E-state index in [1.807, 2.05) is 0 Å². The summed E-state index contributed by atoms with van der Waals surface area (Å²) >= 11 is 0.0953. The summed E-state index contributed by atoms with van der Waals surface area (Å²) in [5, 5.41) is 0. The van der Waals surface area contributed by atoms with E-state index in [1.54, 1.807) is 0 Å². The molecule has 0 saturated carbocycles. The zero-order valence-corrected chi connectivity index (χ0v) is 8.63. The van der Waals surface area contributed by atoms with Crippen LogP contribution in [0.15, 0.2) is 0 Å². The summed E-state index contributed by atoms with van der Waals surface area (Å²) in [5.74, 6) is 0. The summed E-state index contributed by atoms with van der Waals surface area (Å²) in [6.07, 6.45) is 2.61. The second kappa shape index (κ2) is 5.89. The van der Waals surface area contributed by atoms with Crippen molar-refractivity contribution < 1.29 is 0 Å². The van der Waals surface area contributed by atoms with Gasteiger partial charge in [-0.25, -0.2) is 0 Å². The molecular weight excluding hydrogens is 205 g/mol. The summed E-state index contributed by atoms with van der Waals surface area (Å²) in [6, 6.07) is 0.431. The first-order valence-corrected chi connectivity index (χ1v) is 8.04. The fraction of sp³-hybridized carbons (Fsp3) is 1.00. The van der Waals surface area contributed by atoms with Gasteiger partial charge in [-0.15, -0.1) is 0 Å². The molecule has 2 N–H and O–H groups in total. The topological polar surface area (TPSA) is 26.0 Å². The van der Waals surface area contributed by atoms with Gasteiger partial charge in [0.05, 0.1) is 0 Å². The predicted octanol–water partition coefficient (Wildman–Crippen LogP) is 1.28. The molecule has 0 amide bonds. The van der Waals surface area contributed by atoms with Crippen LogP contribution in [-0.2, 0) is 0 Å². The Balaban J connectivity index is 2.72. The van der Waals surface area contributed by atoms with Gasteiger partial charge in [0, 0.05) is 0 Å². The molecule has 0 aromatic carbocycles. The minimum absolute atomic E-state index is 0.0953. The summed E-state index contributed by atoms with van der Waals surface area (Å²) in [5.41, 5.74) is 5.55. The van der Waals surface area contributed by atoms with Crippen LogP contribution >= 0.6 is 0 Å². The van der Waals surface area contributed by atoms with Crippen molar-refractivity contribution in [2.45, 2.75) is 35.2 Å². The normalized spacial score (nSPS) is 12.9. The SMILES string of the molecule is [CH3][Sn+2][CH2]CCC(C)N. The molecule has 0 heterocycles. The van der Waals surface area contributed by atoms with Crippen molar-refractivity contribution in [1.29, 1.82) is 0 Å². The van der Waals surface area contributed by atoms with E-state index in [-0.39, 0.29) is 21.1 Å². The van der Waals surface area contributed by atoms with Gasteiger partial charge in [0.15, 0.2) is 0 Å². The molecule has 8 heavy (non-hydrogen) atoms. The Morgan fingerprint density at radius 3 is 2.62 bits per heavy atom. The number of hydrogen-bond donors (Lipinski definition) is 1. The molecule has 0 aliphatic rings. The van der Waals surface area contributed by atoms with Crippen LogP contribution in [0.1, 0.15) is 19.8 Å². The van der Waals surface area contributed by atoms with Crippen molar-refractivity contribution in [2.75, 3.05) is 0 Å². The molecule has 0 aromatic rings. The third kappa shape index (κ3) is 6.76. The monoisotopic (exact) mass is 221 g/mol. The zero-order valence-electron chi connectivity index (χ0n) is 5.78. The molecule has 0 aliphatic carbocycles. The fourth-order valence-corrected chi connectivity index (χ4v) is 2.19. The molecule has 2 heteroatoms. The number of rotatable bonds is 4. The van der Waals surface area contributed by atoms with Gasteiger partial charge >= 0.3 is 62.1 Å². The Hall–Kier alpha value is 0.759. The number of nitrogens with two attached hydrogens (primary N) is 1. The van der Waals surface area contributed by atoms with Gasteiger partial charge in [-0.2, -0.15) is 0 Å². The van der Waals surface area contributed by atoms with E-state index in [1.165, 1.54) is 17.3 Å². The van der Waals surface area contributed by atoms with Crippen LogP contribution in [0.3, 0.4) is 0 Å². The molecule has 1 unspecified atom stereocenters. The van der Waals surface area contributed by atoms with Crippen LogP contribution in [-0.4, -0.2) is 27.2 Å². The van der Waals surface area contributed by atoms with Crippen LogP contribution in [0.5, 0.6) is 0 Å². The summed E-state index contributed by atoms with van der Waals surface area (Å²) < 4.78 is 1.50. The van der Waals surface area contributed by atoms with Crippen LogP contribution in [0.2, 0.25) is 9.38 Å². The Bertz CT molecular complexity index is 45.8. The third-order valence-corrected chi connectivity index (χ3v) is 3.52. The molecule has 1 atom stereocenters. The quantitative estimate of drug-likeness (QED) is 0.560. The van der Waals surface area contributed by atoms with Crippen LogP contribution in [0.4, 0.5) is 0 Å². The summed E-state index contributed by atoms with van der Waals surface area (Å²) in [4.78, 5) is 2.38. The van der Waals surface area contributed by atoms with Gasteiger partial charge in [0.1, 0.15) is 0 Å². The molecule has 0 bridgehead atoms. The Kier molecular flexibility index (Phi) is 6.45. The molecule has 46 valence electrons. The maximum atomic E-state index is 5.55. The van der Waals surface area contributed by atoms with Crippen LogP contribution < -0.4 is 5.73 Å². The molecule has 0 radical (unpaired) electrons. The maximum absolute atomic E-state index is 5.55. The molecule has 0 rings (SSSR count). The van der Waals surface area contributed by atoms with E-state index < -0.39 is 0 Å². The average Bonchev–Trinajstić information content (AvgIpc) is 1.66. The second-order valence-electron chi connectivity index (χ2n) is 2.22. The average molecular weight is 220 g/mol. The summed E-state index contributed by atoms with van der Waals surface area (Å²) in [7, 11) is 0. The van der Waals surface area contributed by atoms with E-state index in [0.717, 1.165) is 0 Å². The molecule has 1 nitrogen and oxygen atoms in total. The van der Waals surface area contributed by atoms with Crippen molar-refractivity contribution >= 4 is 21.1 Å². The van der Waals surface area contributed by atoms with Gasteiger partial charge in [-0.3, -0.25) is 0 Å². The molecule has 0 fully saturated rings.